The Morgan fingerprint density at radius 2 is 2.11 bits per heavy atom. The van der Waals surface area contributed by atoms with Gasteiger partial charge in [-0.1, -0.05) is 0 Å². The lowest BCUT2D eigenvalue weighted by Gasteiger charge is -1.99. The molecule has 3 aromatic rings. The van der Waals surface area contributed by atoms with Gasteiger partial charge in [-0.2, -0.15) is 0 Å². The van der Waals surface area contributed by atoms with Gasteiger partial charge in [0.25, 0.3) is 0 Å². The molecule has 0 saturated carbocycles. The maximum Gasteiger partial charge on any atom is 0.188 e. The predicted octanol–water partition coefficient (Wildman–Crippen LogP) is 3.54. The van der Waals surface area contributed by atoms with Gasteiger partial charge >= 0.3 is 0 Å². The van der Waals surface area contributed by atoms with Gasteiger partial charge in [0.2, 0.25) is 0 Å². The van der Waals surface area contributed by atoms with Gasteiger partial charge in [0.05, 0.1) is 6.20 Å². The Hall–Kier alpha value is -1.86. The van der Waals surface area contributed by atoms with Gasteiger partial charge in [-0.25, -0.2) is 19.3 Å². The van der Waals surface area contributed by atoms with Crippen molar-refractivity contribution < 1.29 is 4.39 Å². The molecule has 0 amide bonds. The van der Waals surface area contributed by atoms with Crippen molar-refractivity contribution in [3.8, 4) is 10.7 Å². The first-order valence-electron chi connectivity index (χ1n) is 5.05. The highest BCUT2D eigenvalue weighted by molar-refractivity contribution is 7.15. The van der Waals surface area contributed by atoms with Gasteiger partial charge in [-0.15, -0.1) is 22.7 Å². The number of rotatable bonds is 3. The van der Waals surface area contributed by atoms with Gasteiger partial charge in [0.1, 0.15) is 22.3 Å². The lowest BCUT2D eigenvalue weighted by atomic mass is 10.4. The van der Waals surface area contributed by atoms with Crippen molar-refractivity contribution in [3.05, 3.63) is 41.1 Å². The summed E-state index contributed by atoms with van der Waals surface area (Å²) in [5.74, 6) is 0.208. The highest BCUT2D eigenvalue weighted by atomic mass is 32.1. The largest absolute Gasteiger partial charge is 0.316 e. The number of anilines is 2. The Morgan fingerprint density at radius 1 is 1.17 bits per heavy atom. The van der Waals surface area contributed by atoms with Crippen molar-refractivity contribution >= 4 is 33.6 Å². The summed E-state index contributed by atoms with van der Waals surface area (Å²) in [5, 5.41) is 8.44. The first kappa shape index (κ1) is 11.2. The van der Waals surface area contributed by atoms with Crippen LogP contribution in [-0.4, -0.2) is 15.0 Å². The highest BCUT2D eigenvalue weighted by Gasteiger charge is 2.07. The number of nitrogens with zero attached hydrogens (tertiary/aromatic N) is 3. The molecule has 3 heterocycles. The number of pyridine rings is 1. The van der Waals surface area contributed by atoms with Crippen LogP contribution in [0, 0.1) is 5.82 Å². The molecule has 0 bridgehead atoms. The zero-order chi connectivity index (χ0) is 12.4. The van der Waals surface area contributed by atoms with Gasteiger partial charge in [-0.3, -0.25) is 0 Å². The molecule has 3 rings (SSSR count). The number of nitrogens with one attached hydrogen (secondary N) is 1. The molecule has 0 aliphatic carbocycles. The number of hydrogen-bond donors (Lipinski definition) is 1. The number of aromatic nitrogens is 3. The van der Waals surface area contributed by atoms with E-state index in [1.807, 2.05) is 10.8 Å². The van der Waals surface area contributed by atoms with Gasteiger partial charge in [-0.05, 0) is 12.1 Å². The van der Waals surface area contributed by atoms with E-state index < -0.39 is 0 Å². The van der Waals surface area contributed by atoms with Crippen molar-refractivity contribution in [2.75, 3.05) is 5.32 Å². The van der Waals surface area contributed by atoms with Gasteiger partial charge in [0, 0.05) is 17.0 Å². The first-order chi connectivity index (χ1) is 8.81. The van der Waals surface area contributed by atoms with Crippen molar-refractivity contribution in [2.45, 2.75) is 0 Å². The first-order valence-corrected chi connectivity index (χ1v) is 6.81. The molecule has 0 unspecified atom stereocenters. The summed E-state index contributed by atoms with van der Waals surface area (Å²) in [6.07, 6.45) is 2.91. The second-order valence-electron chi connectivity index (χ2n) is 3.36. The summed E-state index contributed by atoms with van der Waals surface area (Å²) in [5.41, 5.74) is 0.833. The van der Waals surface area contributed by atoms with Crippen molar-refractivity contribution in [1.29, 1.82) is 0 Å². The predicted molar refractivity (Wildman–Crippen MR) is 70.7 cm³/mol. The molecule has 7 heteroatoms. The molecule has 0 spiro atoms. The van der Waals surface area contributed by atoms with Crippen molar-refractivity contribution in [2.24, 2.45) is 0 Å². The Morgan fingerprint density at radius 3 is 2.83 bits per heavy atom. The fourth-order valence-corrected chi connectivity index (χ4v) is 2.71. The minimum Gasteiger partial charge on any atom is -0.316 e. The smallest absolute Gasteiger partial charge is 0.188 e. The van der Waals surface area contributed by atoms with E-state index in [0.717, 1.165) is 16.9 Å². The maximum absolute atomic E-state index is 12.7. The Bertz CT molecular complexity index is 633. The van der Waals surface area contributed by atoms with Crippen LogP contribution < -0.4 is 5.32 Å². The molecule has 0 aliphatic heterocycles. The van der Waals surface area contributed by atoms with Crippen LogP contribution >= 0.6 is 22.7 Å². The van der Waals surface area contributed by atoms with Crippen LogP contribution in [0.2, 0.25) is 0 Å². The molecule has 0 radical (unpaired) electrons. The fraction of sp³-hybridized carbons (Fsp3) is 0. The molecule has 0 aromatic carbocycles. The zero-order valence-electron chi connectivity index (χ0n) is 9.00. The normalized spacial score (nSPS) is 10.5. The van der Waals surface area contributed by atoms with E-state index in [0.29, 0.717) is 10.9 Å². The Balaban J connectivity index is 1.80. The lowest BCUT2D eigenvalue weighted by molar-refractivity contribution is 0.622. The van der Waals surface area contributed by atoms with Crippen LogP contribution in [0.4, 0.5) is 15.3 Å². The van der Waals surface area contributed by atoms with E-state index in [1.165, 1.54) is 28.7 Å². The van der Waals surface area contributed by atoms with E-state index in [4.69, 9.17) is 0 Å². The quantitative estimate of drug-likeness (QED) is 0.796. The average Bonchev–Trinajstić information content (AvgIpc) is 3.02. The lowest BCUT2D eigenvalue weighted by Crippen LogP contribution is -1.92. The molecule has 4 nitrogen and oxygen atoms in total. The van der Waals surface area contributed by atoms with Crippen LogP contribution in [0.1, 0.15) is 0 Å². The van der Waals surface area contributed by atoms with E-state index >= 15 is 0 Å². The summed E-state index contributed by atoms with van der Waals surface area (Å²) in [4.78, 5) is 12.5. The summed E-state index contributed by atoms with van der Waals surface area (Å²) in [6, 6.07) is 2.92. The van der Waals surface area contributed by atoms with Gasteiger partial charge < -0.3 is 5.32 Å². The molecule has 18 heavy (non-hydrogen) atoms. The molecule has 0 fully saturated rings. The Labute approximate surface area is 110 Å². The van der Waals surface area contributed by atoms with Crippen LogP contribution in [0.3, 0.4) is 0 Å². The summed E-state index contributed by atoms with van der Waals surface area (Å²) >= 11 is 3.00. The molecule has 0 saturated heterocycles. The van der Waals surface area contributed by atoms with Gasteiger partial charge in [0.15, 0.2) is 5.13 Å². The van der Waals surface area contributed by atoms with Crippen LogP contribution in [0.5, 0.6) is 0 Å². The molecule has 0 atom stereocenters. The SMILES string of the molecule is Fc1ccc(Nc2nc(-c3nccs3)cs2)nc1. The monoisotopic (exact) mass is 278 g/mol. The summed E-state index contributed by atoms with van der Waals surface area (Å²) in [6.45, 7) is 0. The topological polar surface area (TPSA) is 50.7 Å². The summed E-state index contributed by atoms with van der Waals surface area (Å²) in [7, 11) is 0. The second kappa shape index (κ2) is 4.79. The van der Waals surface area contributed by atoms with Crippen LogP contribution in [0.25, 0.3) is 10.7 Å². The third-order valence-electron chi connectivity index (χ3n) is 2.12. The minimum atomic E-state index is -0.358. The summed E-state index contributed by atoms with van der Waals surface area (Å²) < 4.78 is 12.7. The standard InChI is InChI=1S/C11H7FN4S2/c12-7-1-2-9(14-5-7)16-11-15-8(6-18-11)10-13-3-4-17-10/h1-6H,(H,14,15,16). The number of hydrogen-bond acceptors (Lipinski definition) is 6. The fourth-order valence-electron chi connectivity index (χ4n) is 1.34. The molecular formula is C11H7FN4S2. The van der Waals surface area contributed by atoms with E-state index in [2.05, 4.69) is 20.3 Å². The second-order valence-corrected chi connectivity index (χ2v) is 5.11. The van der Waals surface area contributed by atoms with Crippen molar-refractivity contribution in [1.82, 2.24) is 15.0 Å². The minimum absolute atomic E-state index is 0.358. The average molecular weight is 278 g/mol. The maximum atomic E-state index is 12.7. The Kier molecular flexibility index (Phi) is 2.99. The van der Waals surface area contributed by atoms with E-state index in [9.17, 15) is 4.39 Å². The third-order valence-corrected chi connectivity index (χ3v) is 3.67. The highest BCUT2D eigenvalue weighted by Crippen LogP contribution is 2.27. The van der Waals surface area contributed by atoms with Crippen LogP contribution in [-0.2, 0) is 0 Å². The molecule has 0 aliphatic rings. The van der Waals surface area contributed by atoms with E-state index in [-0.39, 0.29) is 5.82 Å². The molecule has 3 aromatic heterocycles. The number of thiazole rings is 2. The third kappa shape index (κ3) is 2.36. The molecular weight excluding hydrogens is 271 g/mol. The zero-order valence-corrected chi connectivity index (χ0v) is 10.6. The van der Waals surface area contributed by atoms with Crippen molar-refractivity contribution in [3.63, 3.8) is 0 Å². The molecule has 1 N–H and O–H groups in total. The number of halogens is 1. The molecule has 90 valence electrons. The van der Waals surface area contributed by atoms with E-state index in [1.54, 1.807) is 12.3 Å². The van der Waals surface area contributed by atoms with Crippen LogP contribution in [0.15, 0.2) is 35.3 Å².